The lowest BCUT2D eigenvalue weighted by Gasteiger charge is -2.40. The average Bonchev–Trinajstić information content (AvgIpc) is 3.00. The van der Waals surface area contributed by atoms with Crippen molar-refractivity contribution in [3.05, 3.63) is 131 Å². The number of ether oxygens (including phenoxy) is 1. The van der Waals surface area contributed by atoms with Gasteiger partial charge in [0.25, 0.3) is 11.8 Å². The number of rotatable bonds is 8. The molecule has 1 aliphatic rings. The SMILES string of the molecule is Cc1ccc(C)c(OC(C)C(=O)Nc2ccccc2C(=O)N2CCN(C(c3ccccc3)c3ccccc3)CC2)c1. The summed E-state index contributed by atoms with van der Waals surface area (Å²) in [6.45, 7) is 8.35. The van der Waals surface area contributed by atoms with Crippen LogP contribution >= 0.6 is 0 Å². The molecule has 0 aliphatic carbocycles. The number of benzene rings is 4. The zero-order valence-corrected chi connectivity index (χ0v) is 23.9. The molecule has 0 bridgehead atoms. The standard InChI is InChI=1S/C35H37N3O3/c1-25-18-19-26(2)32(24-25)41-27(3)34(39)36-31-17-11-10-16-30(31)35(40)38-22-20-37(21-23-38)33(28-12-6-4-7-13-28)29-14-8-5-9-15-29/h4-19,24,27,33H,20-23H2,1-3H3,(H,36,39). The van der Waals surface area contributed by atoms with E-state index >= 15 is 0 Å². The Morgan fingerprint density at radius 3 is 1.98 bits per heavy atom. The van der Waals surface area contributed by atoms with Gasteiger partial charge in [-0.2, -0.15) is 0 Å². The van der Waals surface area contributed by atoms with Gasteiger partial charge in [-0.25, -0.2) is 0 Å². The van der Waals surface area contributed by atoms with Crippen LogP contribution in [0, 0.1) is 13.8 Å². The molecule has 1 unspecified atom stereocenters. The van der Waals surface area contributed by atoms with Crippen LogP contribution in [0.5, 0.6) is 5.75 Å². The molecule has 4 aromatic rings. The second kappa shape index (κ2) is 12.8. The fourth-order valence-electron chi connectivity index (χ4n) is 5.33. The number of hydrogen-bond acceptors (Lipinski definition) is 4. The lowest BCUT2D eigenvalue weighted by molar-refractivity contribution is -0.122. The first kappa shape index (κ1) is 28.1. The Labute approximate surface area is 242 Å². The fourth-order valence-corrected chi connectivity index (χ4v) is 5.33. The highest BCUT2D eigenvalue weighted by Gasteiger charge is 2.29. The molecular formula is C35H37N3O3. The number of amides is 2. The Morgan fingerprint density at radius 2 is 1.34 bits per heavy atom. The van der Waals surface area contributed by atoms with Crippen LogP contribution in [0.15, 0.2) is 103 Å². The van der Waals surface area contributed by atoms with Gasteiger partial charge < -0.3 is 15.0 Å². The molecule has 1 N–H and O–H groups in total. The Hall–Kier alpha value is -4.42. The molecule has 1 heterocycles. The van der Waals surface area contributed by atoms with Crippen molar-refractivity contribution in [2.24, 2.45) is 0 Å². The van der Waals surface area contributed by atoms with Crippen LogP contribution in [0.2, 0.25) is 0 Å². The van der Waals surface area contributed by atoms with Crippen LogP contribution in [-0.4, -0.2) is 53.9 Å². The number of nitrogens with zero attached hydrogens (tertiary/aromatic N) is 2. The first-order chi connectivity index (χ1) is 19.9. The highest BCUT2D eigenvalue weighted by Crippen LogP contribution is 2.30. The fraction of sp³-hybridized carbons (Fsp3) is 0.257. The molecular weight excluding hydrogens is 510 g/mol. The van der Waals surface area contributed by atoms with Crippen molar-refractivity contribution in [3.63, 3.8) is 0 Å². The maximum absolute atomic E-state index is 13.7. The van der Waals surface area contributed by atoms with Gasteiger partial charge in [0, 0.05) is 26.2 Å². The number of nitrogens with one attached hydrogen (secondary N) is 1. The minimum absolute atomic E-state index is 0.0837. The number of aryl methyl sites for hydroxylation is 2. The molecule has 0 saturated carbocycles. The van der Waals surface area contributed by atoms with E-state index in [2.05, 4.69) is 58.7 Å². The number of carbonyl (C=O) groups is 2. The third kappa shape index (κ3) is 6.67. The van der Waals surface area contributed by atoms with Crippen molar-refractivity contribution in [2.75, 3.05) is 31.5 Å². The predicted molar refractivity (Wildman–Crippen MR) is 163 cm³/mol. The number of para-hydroxylation sites is 1. The smallest absolute Gasteiger partial charge is 0.265 e. The van der Waals surface area contributed by atoms with E-state index in [-0.39, 0.29) is 17.9 Å². The third-order valence-corrected chi connectivity index (χ3v) is 7.63. The highest BCUT2D eigenvalue weighted by molar-refractivity contribution is 6.04. The predicted octanol–water partition coefficient (Wildman–Crippen LogP) is 6.26. The van der Waals surface area contributed by atoms with Crippen LogP contribution in [0.25, 0.3) is 0 Å². The first-order valence-corrected chi connectivity index (χ1v) is 14.2. The number of carbonyl (C=O) groups excluding carboxylic acids is 2. The summed E-state index contributed by atoms with van der Waals surface area (Å²) in [6, 6.07) is 34.3. The maximum Gasteiger partial charge on any atom is 0.265 e. The number of anilines is 1. The van der Waals surface area contributed by atoms with E-state index in [0.717, 1.165) is 24.2 Å². The van der Waals surface area contributed by atoms with Crippen molar-refractivity contribution >= 4 is 17.5 Å². The minimum atomic E-state index is -0.727. The summed E-state index contributed by atoms with van der Waals surface area (Å²) in [5, 5.41) is 2.93. The van der Waals surface area contributed by atoms with Crippen LogP contribution < -0.4 is 10.1 Å². The van der Waals surface area contributed by atoms with Gasteiger partial charge in [0.1, 0.15) is 5.75 Å². The number of hydrogen-bond donors (Lipinski definition) is 1. The average molecular weight is 548 g/mol. The first-order valence-electron chi connectivity index (χ1n) is 14.2. The van der Waals surface area contributed by atoms with E-state index < -0.39 is 6.10 Å². The molecule has 0 spiro atoms. The molecule has 1 fully saturated rings. The van der Waals surface area contributed by atoms with E-state index in [0.29, 0.717) is 30.1 Å². The Bertz CT molecular complexity index is 1440. The Balaban J connectivity index is 1.26. The van der Waals surface area contributed by atoms with E-state index in [1.54, 1.807) is 19.1 Å². The molecule has 2 amide bonds. The minimum Gasteiger partial charge on any atom is -0.481 e. The summed E-state index contributed by atoms with van der Waals surface area (Å²) in [5.41, 5.74) is 5.48. The van der Waals surface area contributed by atoms with Crippen molar-refractivity contribution in [1.29, 1.82) is 0 Å². The molecule has 1 aliphatic heterocycles. The molecule has 41 heavy (non-hydrogen) atoms. The molecule has 1 saturated heterocycles. The van der Waals surface area contributed by atoms with E-state index in [1.165, 1.54) is 11.1 Å². The molecule has 4 aromatic carbocycles. The molecule has 5 rings (SSSR count). The van der Waals surface area contributed by atoms with Crippen LogP contribution in [-0.2, 0) is 4.79 Å². The van der Waals surface area contributed by atoms with Crippen molar-refractivity contribution < 1.29 is 14.3 Å². The van der Waals surface area contributed by atoms with Gasteiger partial charge in [0.2, 0.25) is 0 Å². The zero-order chi connectivity index (χ0) is 28.8. The van der Waals surface area contributed by atoms with E-state index in [4.69, 9.17) is 4.74 Å². The molecule has 210 valence electrons. The highest BCUT2D eigenvalue weighted by atomic mass is 16.5. The van der Waals surface area contributed by atoms with Gasteiger partial charge >= 0.3 is 0 Å². The summed E-state index contributed by atoms with van der Waals surface area (Å²) in [5.74, 6) is 0.295. The second-order valence-electron chi connectivity index (χ2n) is 10.6. The largest absolute Gasteiger partial charge is 0.481 e. The summed E-state index contributed by atoms with van der Waals surface area (Å²) < 4.78 is 5.97. The topological polar surface area (TPSA) is 61.9 Å². The van der Waals surface area contributed by atoms with Gasteiger partial charge in [0.05, 0.1) is 17.3 Å². The molecule has 0 aromatic heterocycles. The van der Waals surface area contributed by atoms with Crippen LogP contribution in [0.3, 0.4) is 0 Å². The lowest BCUT2D eigenvalue weighted by Crippen LogP contribution is -2.50. The third-order valence-electron chi connectivity index (χ3n) is 7.63. The van der Waals surface area contributed by atoms with E-state index in [9.17, 15) is 9.59 Å². The summed E-state index contributed by atoms with van der Waals surface area (Å²) >= 11 is 0. The molecule has 0 radical (unpaired) electrons. The Morgan fingerprint density at radius 1 is 0.756 bits per heavy atom. The monoisotopic (exact) mass is 547 g/mol. The molecule has 6 nitrogen and oxygen atoms in total. The van der Waals surface area contributed by atoms with Crippen LogP contribution in [0.1, 0.15) is 45.6 Å². The Kier molecular flexibility index (Phi) is 8.80. The van der Waals surface area contributed by atoms with Crippen LogP contribution in [0.4, 0.5) is 5.69 Å². The van der Waals surface area contributed by atoms with Gasteiger partial charge in [-0.1, -0.05) is 84.9 Å². The summed E-state index contributed by atoms with van der Waals surface area (Å²) in [7, 11) is 0. The van der Waals surface area contributed by atoms with Gasteiger partial charge in [-0.15, -0.1) is 0 Å². The summed E-state index contributed by atoms with van der Waals surface area (Å²) in [6.07, 6.45) is -0.727. The molecule has 1 atom stereocenters. The van der Waals surface area contributed by atoms with Gasteiger partial charge in [-0.3, -0.25) is 14.5 Å². The van der Waals surface area contributed by atoms with Crippen molar-refractivity contribution in [2.45, 2.75) is 32.9 Å². The maximum atomic E-state index is 13.7. The van der Waals surface area contributed by atoms with Gasteiger partial charge in [-0.05, 0) is 61.2 Å². The summed E-state index contributed by atoms with van der Waals surface area (Å²) in [4.78, 5) is 31.1. The number of piperazine rings is 1. The van der Waals surface area contributed by atoms with Gasteiger partial charge in [0.15, 0.2) is 6.10 Å². The van der Waals surface area contributed by atoms with E-state index in [1.807, 2.05) is 61.2 Å². The van der Waals surface area contributed by atoms with Crippen molar-refractivity contribution in [3.8, 4) is 5.75 Å². The lowest BCUT2D eigenvalue weighted by atomic mass is 9.96. The second-order valence-corrected chi connectivity index (χ2v) is 10.6. The normalized spacial score (nSPS) is 14.5. The quantitative estimate of drug-likeness (QED) is 0.283. The molecule has 6 heteroatoms. The zero-order valence-electron chi connectivity index (χ0n) is 23.9. The van der Waals surface area contributed by atoms with Crippen molar-refractivity contribution in [1.82, 2.24) is 9.80 Å².